The molecule has 0 aliphatic rings. The van der Waals surface area contributed by atoms with E-state index in [1.807, 2.05) is 0 Å². The standard InChI is InChI=1S/C16HCl5O15S/c17-12(27)32-7(22)1-2(8(23)33-13(18)28)4(10(25)35-15(20)30)6(37)5(11(26)36-16(21)31)3(1)9(24)34-14(19)29/h37H. The fraction of sp³-hybridized carbons (Fsp3) is 0. The third kappa shape index (κ3) is 8.38. The summed E-state index contributed by atoms with van der Waals surface area (Å²) in [4.78, 5) is 117. The fourth-order valence-corrected chi connectivity index (χ4v) is 3.12. The van der Waals surface area contributed by atoms with Crippen molar-refractivity contribution in [2.24, 2.45) is 0 Å². The molecule has 1 rings (SSSR count). The molecule has 0 amide bonds. The van der Waals surface area contributed by atoms with Crippen molar-refractivity contribution in [1.29, 1.82) is 0 Å². The van der Waals surface area contributed by atoms with Gasteiger partial charge in [0.05, 0.1) is 27.8 Å². The van der Waals surface area contributed by atoms with E-state index in [2.05, 4.69) is 36.3 Å². The van der Waals surface area contributed by atoms with Crippen molar-refractivity contribution in [2.75, 3.05) is 0 Å². The highest BCUT2D eigenvalue weighted by Crippen LogP contribution is 2.35. The number of rotatable bonds is 5. The maximum atomic E-state index is 12.7. The second kappa shape index (κ2) is 13.3. The van der Waals surface area contributed by atoms with Gasteiger partial charge in [0.1, 0.15) is 0 Å². The molecule has 1 aromatic carbocycles. The molecule has 0 spiro atoms. The molecule has 0 saturated carbocycles. The van der Waals surface area contributed by atoms with Gasteiger partial charge in [0, 0.05) is 62.9 Å². The number of hydrogen-bond donors (Lipinski definition) is 1. The van der Waals surface area contributed by atoms with Crippen molar-refractivity contribution in [3.05, 3.63) is 27.8 Å². The largest absolute Gasteiger partial charge is 0.411 e. The van der Waals surface area contributed by atoms with Crippen LogP contribution in [-0.2, 0) is 23.7 Å². The predicted molar refractivity (Wildman–Crippen MR) is 117 cm³/mol. The number of hydrogen-bond acceptors (Lipinski definition) is 16. The zero-order valence-electron chi connectivity index (χ0n) is 16.5. The number of benzene rings is 1. The molecule has 196 valence electrons. The summed E-state index contributed by atoms with van der Waals surface area (Å²) in [5.74, 6) is -10.5. The van der Waals surface area contributed by atoms with E-state index in [4.69, 9.17) is 58.0 Å². The lowest BCUT2D eigenvalue weighted by molar-refractivity contribution is 0.0569. The lowest BCUT2D eigenvalue weighted by atomic mass is 9.90. The molecule has 0 aromatic heterocycles. The van der Waals surface area contributed by atoms with Gasteiger partial charge in [-0.3, -0.25) is 0 Å². The number of esters is 5. The topological polar surface area (TPSA) is 217 Å². The molecule has 0 heterocycles. The summed E-state index contributed by atoms with van der Waals surface area (Å²) < 4.78 is 20.2. The summed E-state index contributed by atoms with van der Waals surface area (Å²) in [7, 11) is 0. The second-order valence-electron chi connectivity index (χ2n) is 5.36. The number of thiol groups is 1. The molecule has 0 atom stereocenters. The molecular formula is C16HCl5O15S. The molecular weight excluding hydrogens is 641 g/mol. The Morgan fingerprint density at radius 2 is 0.541 bits per heavy atom. The zero-order chi connectivity index (χ0) is 28.8. The Morgan fingerprint density at radius 1 is 0.378 bits per heavy atom. The molecule has 0 aliphatic carbocycles. The maximum Gasteiger partial charge on any atom is 0.411 e. The SMILES string of the molecule is O=C(Cl)OC(=O)c1c(S)c(C(=O)OC(=O)Cl)c(C(=O)OC(=O)Cl)c(C(=O)OC(=O)Cl)c1C(=O)OC(=O)Cl. The van der Waals surface area contributed by atoms with Crippen LogP contribution >= 0.6 is 70.6 Å². The Hall–Kier alpha value is -3.28. The van der Waals surface area contributed by atoms with E-state index in [0.717, 1.165) is 0 Å². The third-order valence-corrected chi connectivity index (χ3v) is 4.19. The highest BCUT2D eigenvalue weighted by Gasteiger charge is 2.42. The second-order valence-corrected chi connectivity index (χ2v) is 7.35. The van der Waals surface area contributed by atoms with Crippen LogP contribution in [0.15, 0.2) is 4.90 Å². The summed E-state index contributed by atoms with van der Waals surface area (Å²) in [6.45, 7) is 0. The Balaban J connectivity index is 4.51. The van der Waals surface area contributed by atoms with Gasteiger partial charge in [-0.05, 0) is 0 Å². The number of ether oxygens (including phenoxy) is 5. The van der Waals surface area contributed by atoms with E-state index in [0.29, 0.717) is 0 Å². The van der Waals surface area contributed by atoms with Crippen LogP contribution in [0.4, 0.5) is 24.0 Å². The van der Waals surface area contributed by atoms with Crippen LogP contribution in [0.1, 0.15) is 51.8 Å². The molecule has 37 heavy (non-hydrogen) atoms. The maximum absolute atomic E-state index is 12.7. The van der Waals surface area contributed by atoms with Crippen LogP contribution in [0.25, 0.3) is 0 Å². The smallest absolute Gasteiger partial charge is 0.377 e. The van der Waals surface area contributed by atoms with Crippen molar-refractivity contribution >= 4 is 128 Å². The van der Waals surface area contributed by atoms with Crippen LogP contribution in [0.2, 0.25) is 0 Å². The zero-order valence-corrected chi connectivity index (χ0v) is 21.1. The minimum absolute atomic E-state index is 1.26. The van der Waals surface area contributed by atoms with Gasteiger partial charge < -0.3 is 23.7 Å². The summed E-state index contributed by atoms with van der Waals surface area (Å²) >= 11 is 28.4. The Labute approximate surface area is 231 Å². The molecule has 0 fully saturated rings. The average molecular weight is 643 g/mol. The summed E-state index contributed by atoms with van der Waals surface area (Å²) in [5, 5.41) is 0. The first kappa shape index (κ1) is 31.7. The van der Waals surface area contributed by atoms with Gasteiger partial charge in [-0.1, -0.05) is 0 Å². The van der Waals surface area contributed by atoms with E-state index in [-0.39, 0.29) is 0 Å². The third-order valence-electron chi connectivity index (χ3n) is 3.36. The molecule has 0 radical (unpaired) electrons. The highest BCUT2D eigenvalue weighted by atomic mass is 35.5. The Kier molecular flexibility index (Phi) is 11.4. The summed E-state index contributed by atoms with van der Waals surface area (Å²) in [5.41, 5.74) is -17.6. The minimum atomic E-state index is -2.19. The van der Waals surface area contributed by atoms with E-state index < -0.39 is 89.7 Å². The van der Waals surface area contributed by atoms with E-state index >= 15 is 0 Å². The summed E-state index contributed by atoms with van der Waals surface area (Å²) in [6.07, 6.45) is 0. The molecule has 0 N–H and O–H groups in total. The minimum Gasteiger partial charge on any atom is -0.377 e. The van der Waals surface area contributed by atoms with E-state index in [1.165, 1.54) is 0 Å². The predicted octanol–water partition coefficient (Wildman–Crippen LogP) is 4.55. The lowest BCUT2D eigenvalue weighted by Gasteiger charge is -2.19. The van der Waals surface area contributed by atoms with Gasteiger partial charge in [0.25, 0.3) is 0 Å². The number of carbonyl (C=O) groups excluding carboxylic acids is 10. The fourth-order valence-electron chi connectivity index (χ4n) is 2.37. The molecule has 0 aliphatic heterocycles. The van der Waals surface area contributed by atoms with Crippen molar-refractivity contribution in [2.45, 2.75) is 4.90 Å². The van der Waals surface area contributed by atoms with Gasteiger partial charge in [0.15, 0.2) is 0 Å². The van der Waals surface area contributed by atoms with Crippen molar-refractivity contribution < 1.29 is 71.6 Å². The highest BCUT2D eigenvalue weighted by molar-refractivity contribution is 7.80. The Bertz CT molecular complexity index is 1220. The van der Waals surface area contributed by atoms with Gasteiger partial charge in [0.2, 0.25) is 0 Å². The number of carbonyl (C=O) groups is 10. The van der Waals surface area contributed by atoms with Gasteiger partial charge in [-0.15, -0.1) is 12.6 Å². The van der Waals surface area contributed by atoms with Gasteiger partial charge in [-0.25, -0.2) is 47.9 Å². The van der Waals surface area contributed by atoms with Crippen LogP contribution in [0.3, 0.4) is 0 Å². The van der Waals surface area contributed by atoms with E-state index in [1.54, 1.807) is 0 Å². The van der Waals surface area contributed by atoms with Gasteiger partial charge >= 0.3 is 57.0 Å². The average Bonchev–Trinajstić information content (AvgIpc) is 2.69. The van der Waals surface area contributed by atoms with Crippen LogP contribution < -0.4 is 0 Å². The van der Waals surface area contributed by atoms with Crippen molar-refractivity contribution in [1.82, 2.24) is 0 Å². The Morgan fingerprint density at radius 3 is 0.730 bits per heavy atom. The molecule has 0 saturated heterocycles. The van der Waals surface area contributed by atoms with Crippen LogP contribution in [0, 0.1) is 0 Å². The molecule has 21 heteroatoms. The molecule has 0 unspecified atom stereocenters. The lowest BCUT2D eigenvalue weighted by Crippen LogP contribution is -2.29. The van der Waals surface area contributed by atoms with Crippen LogP contribution in [0.5, 0.6) is 0 Å². The van der Waals surface area contributed by atoms with E-state index in [9.17, 15) is 47.9 Å². The molecule has 1 aromatic rings. The first-order valence-electron chi connectivity index (χ1n) is 8.00. The molecule has 15 nitrogen and oxygen atoms in total. The first-order chi connectivity index (χ1) is 17.0. The van der Waals surface area contributed by atoms with Gasteiger partial charge in [-0.2, -0.15) is 0 Å². The molecule has 0 bridgehead atoms. The quantitative estimate of drug-likeness (QED) is 0.153. The number of halogens is 5. The monoisotopic (exact) mass is 640 g/mol. The normalized spacial score (nSPS) is 9.89. The van der Waals surface area contributed by atoms with Crippen molar-refractivity contribution in [3.63, 3.8) is 0 Å². The van der Waals surface area contributed by atoms with Crippen molar-refractivity contribution in [3.8, 4) is 0 Å². The van der Waals surface area contributed by atoms with Crippen LogP contribution in [-0.4, -0.2) is 57.0 Å². The first-order valence-corrected chi connectivity index (χ1v) is 10.3. The summed E-state index contributed by atoms with van der Waals surface area (Å²) in [6, 6.07) is 0.